The number of rotatable bonds is 10. The Labute approximate surface area is 156 Å². The Kier molecular flexibility index (Phi) is 6.33. The van der Waals surface area contributed by atoms with Gasteiger partial charge in [-0.15, -0.1) is 0 Å². The fourth-order valence-electron chi connectivity index (χ4n) is 4.63. The maximum atomic E-state index is 12.6. The van der Waals surface area contributed by atoms with Crippen LogP contribution in [0, 0.1) is 23.7 Å². The number of unbranched alkanes of at least 4 members (excludes halogenated alkanes) is 5. The maximum absolute atomic E-state index is 12.6. The predicted molar refractivity (Wildman–Crippen MR) is 102 cm³/mol. The van der Waals surface area contributed by atoms with Gasteiger partial charge in [0, 0.05) is 19.6 Å². The molecule has 1 aliphatic heterocycles. The molecule has 0 aromatic rings. The molecule has 0 radical (unpaired) electrons. The largest absolute Gasteiger partial charge is 0.370 e. The zero-order chi connectivity index (χ0) is 18.5. The van der Waals surface area contributed by atoms with Gasteiger partial charge in [0.25, 0.3) is 0 Å². The van der Waals surface area contributed by atoms with Crippen LogP contribution in [0.3, 0.4) is 0 Å². The van der Waals surface area contributed by atoms with Gasteiger partial charge < -0.3 is 11.1 Å². The van der Waals surface area contributed by atoms with E-state index in [-0.39, 0.29) is 35.5 Å². The first-order valence-electron chi connectivity index (χ1n) is 10.2. The molecule has 3 N–H and O–H groups in total. The summed E-state index contributed by atoms with van der Waals surface area (Å²) in [5, 5.41) is 3.03. The van der Waals surface area contributed by atoms with Gasteiger partial charge in [0.2, 0.25) is 11.8 Å². The first kappa shape index (κ1) is 18.9. The second-order valence-electron chi connectivity index (χ2n) is 7.79. The highest BCUT2D eigenvalue weighted by atomic mass is 16.2. The number of fused-ring (bicyclic) bond motifs is 5. The number of nitrogens with one attached hydrogen (secondary N) is 1. The van der Waals surface area contributed by atoms with Gasteiger partial charge in [-0.25, -0.2) is 0 Å². The highest BCUT2D eigenvalue weighted by molar-refractivity contribution is 6.06. The lowest BCUT2D eigenvalue weighted by molar-refractivity contribution is -0.140. The van der Waals surface area contributed by atoms with Crippen LogP contribution in [0.15, 0.2) is 17.1 Å². The highest BCUT2D eigenvalue weighted by Gasteiger charge is 2.58. The number of hydrogen-bond acceptors (Lipinski definition) is 3. The van der Waals surface area contributed by atoms with E-state index < -0.39 is 0 Å². The highest BCUT2D eigenvalue weighted by Crippen LogP contribution is 2.52. The Balaban J connectivity index is 1.34. The minimum absolute atomic E-state index is 0.00115. The van der Waals surface area contributed by atoms with Gasteiger partial charge in [-0.05, 0) is 24.7 Å². The lowest BCUT2D eigenvalue weighted by Crippen LogP contribution is -2.41. The summed E-state index contributed by atoms with van der Waals surface area (Å²) >= 11 is 0. The summed E-state index contributed by atoms with van der Waals surface area (Å²) in [6, 6.07) is 0. The molecule has 1 saturated carbocycles. The molecule has 6 heteroatoms. The normalized spacial score (nSPS) is 29.7. The van der Waals surface area contributed by atoms with Gasteiger partial charge >= 0.3 is 0 Å². The number of likely N-dealkylation sites (tertiary alicyclic amines) is 1. The summed E-state index contributed by atoms with van der Waals surface area (Å²) in [6.45, 7) is 3.78. The SMILES string of the molecule is CCCCCCCCN=C(N)NCCN1C(=O)C2C3C=CC(C3)C2C1=O. The Hall–Kier alpha value is -1.85. The summed E-state index contributed by atoms with van der Waals surface area (Å²) in [7, 11) is 0. The molecule has 2 bridgehead atoms. The number of allylic oxidation sites excluding steroid dienone is 2. The number of aliphatic imine (C=N–C) groups is 1. The molecule has 2 aliphatic carbocycles. The van der Waals surface area contributed by atoms with E-state index in [0.717, 1.165) is 19.4 Å². The minimum atomic E-state index is -0.115. The van der Waals surface area contributed by atoms with E-state index in [2.05, 4.69) is 29.4 Å². The fourth-order valence-corrected chi connectivity index (χ4v) is 4.63. The molecule has 2 amide bonds. The molecule has 4 atom stereocenters. The fraction of sp³-hybridized carbons (Fsp3) is 0.750. The third-order valence-electron chi connectivity index (χ3n) is 6.00. The molecular weight excluding hydrogens is 328 g/mol. The van der Waals surface area contributed by atoms with Crippen molar-refractivity contribution < 1.29 is 9.59 Å². The standard InChI is InChI=1S/C20H32N4O2/c1-2-3-4-5-6-7-10-22-20(21)23-11-12-24-18(25)16-14-8-9-15(13-14)17(16)19(24)26/h8-9,14-17H,2-7,10-13H2,1H3,(H3,21,22,23). The zero-order valence-electron chi connectivity index (χ0n) is 15.8. The van der Waals surface area contributed by atoms with Crippen molar-refractivity contribution in [3.8, 4) is 0 Å². The van der Waals surface area contributed by atoms with E-state index in [4.69, 9.17) is 5.73 Å². The predicted octanol–water partition coefficient (Wildman–Crippen LogP) is 2.06. The van der Waals surface area contributed by atoms with Crippen molar-refractivity contribution in [3.05, 3.63) is 12.2 Å². The monoisotopic (exact) mass is 360 g/mol. The van der Waals surface area contributed by atoms with Gasteiger partial charge in [0.15, 0.2) is 5.96 Å². The van der Waals surface area contributed by atoms with Gasteiger partial charge in [-0.3, -0.25) is 19.5 Å². The van der Waals surface area contributed by atoms with Crippen LogP contribution in [0.5, 0.6) is 0 Å². The van der Waals surface area contributed by atoms with Gasteiger partial charge in [0.1, 0.15) is 0 Å². The van der Waals surface area contributed by atoms with Crippen LogP contribution in [-0.4, -0.2) is 42.3 Å². The van der Waals surface area contributed by atoms with Gasteiger partial charge in [-0.2, -0.15) is 0 Å². The summed E-state index contributed by atoms with van der Waals surface area (Å²) in [5.41, 5.74) is 5.88. The van der Waals surface area contributed by atoms with Crippen LogP contribution in [0.1, 0.15) is 51.9 Å². The second kappa shape index (κ2) is 8.69. The molecule has 2 fully saturated rings. The van der Waals surface area contributed by atoms with E-state index in [1.165, 1.54) is 37.0 Å². The third-order valence-corrected chi connectivity index (χ3v) is 6.00. The average Bonchev–Trinajstić information content (AvgIpc) is 3.30. The van der Waals surface area contributed by atoms with E-state index in [9.17, 15) is 9.59 Å². The van der Waals surface area contributed by atoms with Crippen molar-refractivity contribution in [2.24, 2.45) is 34.4 Å². The Morgan fingerprint density at radius 1 is 1.12 bits per heavy atom. The van der Waals surface area contributed by atoms with E-state index in [0.29, 0.717) is 19.0 Å². The summed E-state index contributed by atoms with van der Waals surface area (Å²) in [6.07, 6.45) is 12.6. The first-order chi connectivity index (χ1) is 12.6. The smallest absolute Gasteiger partial charge is 0.233 e. The van der Waals surface area contributed by atoms with Crippen molar-refractivity contribution in [3.63, 3.8) is 0 Å². The number of carbonyl (C=O) groups is 2. The third kappa shape index (κ3) is 3.94. The van der Waals surface area contributed by atoms with E-state index >= 15 is 0 Å². The lowest BCUT2D eigenvalue weighted by atomic mass is 9.85. The van der Waals surface area contributed by atoms with Crippen LogP contribution in [0.2, 0.25) is 0 Å². The van der Waals surface area contributed by atoms with Crippen LogP contribution >= 0.6 is 0 Å². The summed E-state index contributed by atoms with van der Waals surface area (Å²) < 4.78 is 0. The van der Waals surface area contributed by atoms with Crippen LogP contribution in [0.25, 0.3) is 0 Å². The quantitative estimate of drug-likeness (QED) is 0.205. The van der Waals surface area contributed by atoms with E-state index in [1.54, 1.807) is 0 Å². The number of guanidine groups is 1. The molecule has 3 aliphatic rings. The second-order valence-corrected chi connectivity index (χ2v) is 7.79. The van der Waals surface area contributed by atoms with Gasteiger partial charge in [0.05, 0.1) is 11.8 Å². The van der Waals surface area contributed by atoms with Gasteiger partial charge in [-0.1, -0.05) is 51.2 Å². The van der Waals surface area contributed by atoms with Crippen molar-refractivity contribution >= 4 is 17.8 Å². The van der Waals surface area contributed by atoms with Crippen molar-refractivity contribution in [1.82, 2.24) is 10.2 Å². The number of imide groups is 1. The molecule has 3 rings (SSSR count). The van der Waals surface area contributed by atoms with Crippen LogP contribution < -0.4 is 11.1 Å². The molecule has 144 valence electrons. The summed E-state index contributed by atoms with van der Waals surface area (Å²) in [5.74, 6) is 0.709. The number of amides is 2. The molecule has 1 saturated heterocycles. The Morgan fingerprint density at radius 2 is 1.73 bits per heavy atom. The number of nitrogens with zero attached hydrogens (tertiary/aromatic N) is 2. The van der Waals surface area contributed by atoms with Crippen molar-refractivity contribution in [2.75, 3.05) is 19.6 Å². The van der Waals surface area contributed by atoms with Crippen LogP contribution in [-0.2, 0) is 9.59 Å². The molecule has 1 heterocycles. The lowest BCUT2D eigenvalue weighted by Gasteiger charge is -2.17. The molecular formula is C20H32N4O2. The summed E-state index contributed by atoms with van der Waals surface area (Å²) in [4.78, 5) is 30.9. The molecule has 0 aromatic carbocycles. The number of carbonyl (C=O) groups excluding carboxylic acids is 2. The van der Waals surface area contributed by atoms with Crippen molar-refractivity contribution in [2.45, 2.75) is 51.9 Å². The molecule has 0 spiro atoms. The van der Waals surface area contributed by atoms with E-state index in [1.807, 2.05) is 0 Å². The topological polar surface area (TPSA) is 87.8 Å². The Bertz CT molecular complexity index is 556. The molecule has 0 aromatic heterocycles. The molecule has 6 nitrogen and oxygen atoms in total. The zero-order valence-corrected chi connectivity index (χ0v) is 15.8. The maximum Gasteiger partial charge on any atom is 0.233 e. The average molecular weight is 361 g/mol. The Morgan fingerprint density at radius 3 is 2.38 bits per heavy atom. The molecule has 4 unspecified atom stereocenters. The first-order valence-corrected chi connectivity index (χ1v) is 10.2. The molecule has 26 heavy (non-hydrogen) atoms. The van der Waals surface area contributed by atoms with Crippen LogP contribution in [0.4, 0.5) is 0 Å². The number of nitrogens with two attached hydrogens (primary N) is 1. The number of hydrogen-bond donors (Lipinski definition) is 2. The van der Waals surface area contributed by atoms with Crippen molar-refractivity contribution in [1.29, 1.82) is 0 Å². The minimum Gasteiger partial charge on any atom is -0.370 e.